The molecule has 0 unspecified atom stereocenters. The smallest absolute Gasteiger partial charge is 0.221 e. The summed E-state index contributed by atoms with van der Waals surface area (Å²) in [6.45, 7) is 4.14. The van der Waals surface area contributed by atoms with Crippen molar-refractivity contribution in [1.29, 1.82) is 0 Å². The number of nitrogens with one attached hydrogen (secondary N) is 1. The molecule has 4 rings (SSSR count). The number of aromatic nitrogens is 4. The minimum atomic E-state index is -0.307. The zero-order valence-corrected chi connectivity index (χ0v) is 18.1. The second kappa shape index (κ2) is 9.83. The fourth-order valence-electron chi connectivity index (χ4n) is 4.19. The van der Waals surface area contributed by atoms with Crippen LogP contribution in [0.4, 0.5) is 0 Å². The molecule has 1 fully saturated rings. The van der Waals surface area contributed by atoms with Gasteiger partial charge in [0.1, 0.15) is 5.82 Å². The van der Waals surface area contributed by atoms with Crippen LogP contribution < -0.4 is 11.1 Å². The maximum Gasteiger partial charge on any atom is 0.221 e. The quantitative estimate of drug-likeness (QED) is 0.585. The van der Waals surface area contributed by atoms with Crippen molar-refractivity contribution >= 4 is 5.91 Å². The lowest BCUT2D eigenvalue weighted by molar-refractivity contribution is -0.117. The Balaban J connectivity index is 1.43. The van der Waals surface area contributed by atoms with Crippen molar-refractivity contribution in [3.05, 3.63) is 76.6 Å². The van der Waals surface area contributed by atoms with Crippen molar-refractivity contribution in [3.8, 4) is 0 Å². The summed E-state index contributed by atoms with van der Waals surface area (Å²) >= 11 is 0. The summed E-state index contributed by atoms with van der Waals surface area (Å²) in [6.07, 6.45) is 10.8. The molecule has 1 aliphatic rings. The molecule has 2 aromatic heterocycles. The molecule has 0 saturated carbocycles. The minimum absolute atomic E-state index is 0.269. The van der Waals surface area contributed by atoms with Gasteiger partial charge < -0.3 is 11.1 Å². The summed E-state index contributed by atoms with van der Waals surface area (Å²) in [5, 5.41) is 7.98. The Labute approximate surface area is 183 Å². The molecule has 0 aliphatic carbocycles. The van der Waals surface area contributed by atoms with E-state index in [1.807, 2.05) is 37.5 Å². The van der Waals surface area contributed by atoms with Crippen LogP contribution in [0.2, 0.25) is 0 Å². The number of benzene rings is 1. The second-order valence-electron chi connectivity index (χ2n) is 8.31. The molecule has 31 heavy (non-hydrogen) atoms. The Morgan fingerprint density at radius 3 is 2.71 bits per heavy atom. The largest absolute Gasteiger partial charge is 0.369 e. The van der Waals surface area contributed by atoms with Crippen molar-refractivity contribution in [2.75, 3.05) is 13.1 Å². The summed E-state index contributed by atoms with van der Waals surface area (Å²) in [5.74, 6) is 0.508. The van der Waals surface area contributed by atoms with Crippen LogP contribution >= 0.6 is 0 Å². The Hall–Kier alpha value is -3.06. The highest BCUT2D eigenvalue weighted by Crippen LogP contribution is 2.19. The summed E-state index contributed by atoms with van der Waals surface area (Å²) in [6, 6.07) is 8.45. The Morgan fingerprint density at radius 2 is 1.94 bits per heavy atom. The predicted octanol–water partition coefficient (Wildman–Crippen LogP) is 2.31. The summed E-state index contributed by atoms with van der Waals surface area (Å²) in [7, 11) is 0. The Kier molecular flexibility index (Phi) is 6.72. The van der Waals surface area contributed by atoms with E-state index in [-0.39, 0.29) is 12.3 Å². The van der Waals surface area contributed by atoms with E-state index < -0.39 is 0 Å². The molecular formula is C24H30N6O. The summed E-state index contributed by atoms with van der Waals surface area (Å²) in [5.41, 5.74) is 10.8. The first-order valence-corrected chi connectivity index (χ1v) is 11.0. The first kappa shape index (κ1) is 21.2. The van der Waals surface area contributed by atoms with Gasteiger partial charge in [-0.05, 0) is 68.0 Å². The highest BCUT2D eigenvalue weighted by Gasteiger charge is 2.16. The molecule has 0 spiro atoms. The van der Waals surface area contributed by atoms with Gasteiger partial charge in [-0.15, -0.1) is 0 Å². The third kappa shape index (κ3) is 5.55. The van der Waals surface area contributed by atoms with Crippen molar-refractivity contribution < 1.29 is 4.79 Å². The van der Waals surface area contributed by atoms with E-state index in [4.69, 9.17) is 10.7 Å². The van der Waals surface area contributed by atoms with Gasteiger partial charge in [0.2, 0.25) is 5.91 Å². The van der Waals surface area contributed by atoms with E-state index >= 15 is 0 Å². The number of rotatable bonds is 8. The molecule has 3 aromatic rings. The van der Waals surface area contributed by atoms with Gasteiger partial charge in [-0.3, -0.25) is 9.48 Å². The van der Waals surface area contributed by atoms with Gasteiger partial charge in [0.05, 0.1) is 18.7 Å². The second-order valence-corrected chi connectivity index (χ2v) is 8.31. The lowest BCUT2D eigenvalue weighted by Crippen LogP contribution is -2.29. The number of amides is 1. The first-order valence-electron chi connectivity index (χ1n) is 11.0. The lowest BCUT2D eigenvalue weighted by atomic mass is 9.98. The number of piperidine rings is 1. The van der Waals surface area contributed by atoms with Crippen molar-refractivity contribution in [2.45, 2.75) is 51.5 Å². The molecule has 0 atom stereocenters. The zero-order valence-electron chi connectivity index (χ0n) is 18.1. The average molecular weight is 419 g/mol. The molecule has 1 aromatic carbocycles. The fourth-order valence-corrected chi connectivity index (χ4v) is 4.19. The minimum Gasteiger partial charge on any atom is -0.369 e. The Bertz CT molecular complexity index is 1040. The zero-order chi connectivity index (χ0) is 21.6. The number of primary amides is 1. The summed E-state index contributed by atoms with van der Waals surface area (Å²) < 4.78 is 2.10. The molecule has 162 valence electrons. The van der Waals surface area contributed by atoms with Gasteiger partial charge in [-0.25, -0.2) is 9.97 Å². The molecule has 7 heteroatoms. The van der Waals surface area contributed by atoms with Crippen molar-refractivity contribution in [2.24, 2.45) is 5.73 Å². The predicted molar refractivity (Wildman–Crippen MR) is 120 cm³/mol. The number of nitrogens with two attached hydrogens (primary N) is 1. The van der Waals surface area contributed by atoms with E-state index in [0.29, 0.717) is 12.5 Å². The molecule has 7 nitrogen and oxygen atoms in total. The number of carbonyl (C=O) groups excluding carboxylic acids is 1. The standard InChI is InChI=1S/C24H30N6O/c1-17-14-27-24(12-18-15-28-30(16-18)21-8-10-26-11-9-21)29-22(17)7-6-19-4-2-3-5-20(19)13-23(25)31/h2-5,14-16,21,26H,6-13H2,1H3,(H2,25,31). The number of carbonyl (C=O) groups is 1. The normalized spacial score (nSPS) is 14.6. The van der Waals surface area contributed by atoms with Crippen LogP contribution in [0.25, 0.3) is 0 Å². The first-order chi connectivity index (χ1) is 15.1. The fraction of sp³-hybridized carbons (Fsp3) is 0.417. The third-order valence-corrected chi connectivity index (χ3v) is 5.94. The SMILES string of the molecule is Cc1cnc(Cc2cnn(C3CCNCC3)c2)nc1CCc1ccccc1CC(N)=O. The number of aryl methyl sites for hydroxylation is 3. The van der Waals surface area contributed by atoms with Gasteiger partial charge in [0.15, 0.2) is 0 Å². The highest BCUT2D eigenvalue weighted by atomic mass is 16.1. The molecule has 3 N–H and O–H groups in total. The van der Waals surface area contributed by atoms with E-state index in [9.17, 15) is 4.79 Å². The Morgan fingerprint density at radius 1 is 1.16 bits per heavy atom. The van der Waals surface area contributed by atoms with E-state index in [0.717, 1.165) is 72.5 Å². The lowest BCUT2D eigenvalue weighted by Gasteiger charge is -2.22. The molecular weight excluding hydrogens is 388 g/mol. The average Bonchev–Trinajstić information content (AvgIpc) is 3.24. The van der Waals surface area contributed by atoms with Crippen molar-refractivity contribution in [3.63, 3.8) is 0 Å². The molecule has 1 amide bonds. The van der Waals surface area contributed by atoms with Crippen LogP contribution in [0.5, 0.6) is 0 Å². The molecule has 0 bridgehead atoms. The number of hydrogen-bond acceptors (Lipinski definition) is 5. The van der Waals surface area contributed by atoms with Crippen LogP contribution in [0.15, 0.2) is 42.9 Å². The molecule has 1 aliphatic heterocycles. The van der Waals surface area contributed by atoms with Crippen LogP contribution in [0.3, 0.4) is 0 Å². The van der Waals surface area contributed by atoms with E-state index in [1.165, 1.54) is 0 Å². The van der Waals surface area contributed by atoms with Gasteiger partial charge in [0.25, 0.3) is 0 Å². The third-order valence-electron chi connectivity index (χ3n) is 5.94. The van der Waals surface area contributed by atoms with Crippen molar-refractivity contribution in [1.82, 2.24) is 25.1 Å². The van der Waals surface area contributed by atoms with Crippen LogP contribution in [-0.2, 0) is 30.5 Å². The van der Waals surface area contributed by atoms with Crippen LogP contribution in [0, 0.1) is 6.92 Å². The van der Waals surface area contributed by atoms with Gasteiger partial charge in [0, 0.05) is 24.5 Å². The van der Waals surface area contributed by atoms with Gasteiger partial charge >= 0.3 is 0 Å². The maximum absolute atomic E-state index is 11.4. The van der Waals surface area contributed by atoms with E-state index in [1.54, 1.807) is 0 Å². The topological polar surface area (TPSA) is 98.7 Å². The maximum atomic E-state index is 11.4. The number of nitrogens with zero attached hydrogens (tertiary/aromatic N) is 4. The monoisotopic (exact) mass is 418 g/mol. The van der Waals surface area contributed by atoms with Crippen LogP contribution in [0.1, 0.15) is 52.7 Å². The molecule has 3 heterocycles. The van der Waals surface area contributed by atoms with Crippen LogP contribution in [-0.4, -0.2) is 38.7 Å². The van der Waals surface area contributed by atoms with E-state index in [2.05, 4.69) is 32.3 Å². The number of hydrogen-bond donors (Lipinski definition) is 2. The van der Waals surface area contributed by atoms with Gasteiger partial charge in [-0.1, -0.05) is 24.3 Å². The molecule has 0 radical (unpaired) electrons. The van der Waals surface area contributed by atoms with Gasteiger partial charge in [-0.2, -0.15) is 5.10 Å². The summed E-state index contributed by atoms with van der Waals surface area (Å²) in [4.78, 5) is 20.8. The highest BCUT2D eigenvalue weighted by molar-refractivity contribution is 5.77. The molecule has 1 saturated heterocycles.